The van der Waals surface area contributed by atoms with E-state index in [1.165, 1.54) is 18.5 Å². The Labute approximate surface area is 182 Å². The molecule has 4 heterocycles. The number of hydrogen-bond donors (Lipinski definition) is 1. The molecule has 1 aliphatic rings. The van der Waals surface area contributed by atoms with Crippen molar-refractivity contribution in [1.29, 1.82) is 0 Å². The molecule has 2 bridgehead atoms. The normalized spacial score (nSPS) is 15.2. The summed E-state index contributed by atoms with van der Waals surface area (Å²) in [6, 6.07) is 6.31. The second-order valence-corrected chi connectivity index (χ2v) is 7.63. The number of rotatable bonds is 1. The van der Waals surface area contributed by atoms with E-state index in [-0.39, 0.29) is 11.6 Å². The molecule has 31 heavy (non-hydrogen) atoms. The average Bonchev–Trinajstić information content (AvgIpc) is 3.33. The summed E-state index contributed by atoms with van der Waals surface area (Å²) >= 11 is 6.53. The smallest absolute Gasteiger partial charge is 0.166 e. The van der Waals surface area contributed by atoms with E-state index in [0.717, 1.165) is 16.8 Å². The van der Waals surface area contributed by atoms with Crippen LogP contribution < -0.4 is 10.5 Å². The number of fused-ring (bicyclic) bond motifs is 7. The van der Waals surface area contributed by atoms with Gasteiger partial charge in [-0.05, 0) is 38.1 Å². The maximum absolute atomic E-state index is 14.2. The SMILES string of the molecule is CCn1nc(Cl)c2c1-c1cnc(N)c(c1)O[C@H](C)c1cc(F)ccc1-c1ncnn1C2. The number of ether oxygens (including phenoxy) is 1. The molecule has 0 saturated heterocycles. The van der Waals surface area contributed by atoms with E-state index in [4.69, 9.17) is 22.1 Å². The van der Waals surface area contributed by atoms with Gasteiger partial charge in [-0.2, -0.15) is 10.2 Å². The Bertz CT molecular complexity index is 1300. The molecule has 4 aromatic rings. The molecule has 1 atom stereocenters. The van der Waals surface area contributed by atoms with Gasteiger partial charge < -0.3 is 10.5 Å². The van der Waals surface area contributed by atoms with Crippen LogP contribution in [0.4, 0.5) is 10.2 Å². The third kappa shape index (κ3) is 3.21. The minimum absolute atomic E-state index is 0.240. The second-order valence-electron chi connectivity index (χ2n) is 7.27. The predicted molar refractivity (Wildman–Crippen MR) is 114 cm³/mol. The number of aryl methyl sites for hydroxylation is 1. The van der Waals surface area contributed by atoms with E-state index in [0.29, 0.717) is 40.9 Å². The Balaban J connectivity index is 1.82. The fraction of sp³-hybridized carbons (Fsp3) is 0.238. The lowest BCUT2D eigenvalue weighted by Gasteiger charge is -2.21. The second kappa shape index (κ2) is 7.35. The van der Waals surface area contributed by atoms with Gasteiger partial charge in [-0.3, -0.25) is 4.68 Å². The molecule has 2 N–H and O–H groups in total. The Morgan fingerprint density at radius 3 is 2.94 bits per heavy atom. The first-order valence-electron chi connectivity index (χ1n) is 9.81. The van der Waals surface area contributed by atoms with Crippen molar-refractivity contribution in [3.05, 3.63) is 58.9 Å². The zero-order valence-corrected chi connectivity index (χ0v) is 17.6. The molecule has 0 saturated carbocycles. The predicted octanol–water partition coefficient (Wildman–Crippen LogP) is 4.10. The maximum atomic E-state index is 14.2. The fourth-order valence-electron chi connectivity index (χ4n) is 3.91. The van der Waals surface area contributed by atoms with Crippen molar-refractivity contribution >= 4 is 17.4 Å². The highest BCUT2D eigenvalue weighted by molar-refractivity contribution is 6.30. The van der Waals surface area contributed by atoms with Crippen molar-refractivity contribution in [2.24, 2.45) is 0 Å². The summed E-state index contributed by atoms with van der Waals surface area (Å²) in [5, 5.41) is 9.23. The third-order valence-corrected chi connectivity index (χ3v) is 5.68. The number of hydrogen-bond acceptors (Lipinski definition) is 6. The van der Waals surface area contributed by atoms with Gasteiger partial charge in [0.15, 0.2) is 22.5 Å². The zero-order valence-electron chi connectivity index (χ0n) is 16.9. The van der Waals surface area contributed by atoms with Gasteiger partial charge in [-0.15, -0.1) is 0 Å². The summed E-state index contributed by atoms with van der Waals surface area (Å²) < 4.78 is 23.8. The standard InChI is InChI=1S/C21H19ClFN7O/c1-3-29-18-12-6-17(20(24)25-8-12)31-11(2)15-7-13(23)4-5-14(15)21-26-10-27-30(21)9-16(18)19(22)28-29/h4-8,10-11H,3,9H2,1-2H3,(H2,24,25)/t11-/m1/s1. The molecule has 0 amide bonds. The molecule has 1 aromatic carbocycles. The monoisotopic (exact) mass is 439 g/mol. The van der Waals surface area contributed by atoms with Crippen LogP contribution in [-0.4, -0.2) is 29.5 Å². The molecule has 158 valence electrons. The van der Waals surface area contributed by atoms with E-state index in [2.05, 4.69) is 20.2 Å². The van der Waals surface area contributed by atoms with Crippen LogP contribution in [0.5, 0.6) is 5.75 Å². The average molecular weight is 440 g/mol. The molecule has 3 aromatic heterocycles. The number of benzene rings is 1. The first kappa shape index (κ1) is 19.5. The number of nitrogen functional groups attached to an aromatic ring is 1. The summed E-state index contributed by atoms with van der Waals surface area (Å²) in [5.74, 6) is 0.839. The van der Waals surface area contributed by atoms with Crippen molar-refractivity contribution in [2.75, 3.05) is 5.73 Å². The summed E-state index contributed by atoms with van der Waals surface area (Å²) in [4.78, 5) is 8.75. The minimum Gasteiger partial charge on any atom is -0.482 e. The molecule has 1 aliphatic heterocycles. The van der Waals surface area contributed by atoms with Gasteiger partial charge >= 0.3 is 0 Å². The molecule has 0 aliphatic carbocycles. The third-order valence-electron chi connectivity index (χ3n) is 5.38. The van der Waals surface area contributed by atoms with Crippen molar-refractivity contribution in [3.8, 4) is 28.4 Å². The van der Waals surface area contributed by atoms with E-state index >= 15 is 0 Å². The van der Waals surface area contributed by atoms with Crippen LogP contribution >= 0.6 is 11.6 Å². The van der Waals surface area contributed by atoms with Crippen molar-refractivity contribution in [2.45, 2.75) is 33.0 Å². The van der Waals surface area contributed by atoms with Gasteiger partial charge in [0.05, 0.1) is 12.2 Å². The van der Waals surface area contributed by atoms with E-state index < -0.39 is 6.10 Å². The summed E-state index contributed by atoms with van der Waals surface area (Å²) in [6.07, 6.45) is 2.61. The molecule has 0 radical (unpaired) electrons. The summed E-state index contributed by atoms with van der Waals surface area (Å²) in [5.41, 5.74) is 9.75. The van der Waals surface area contributed by atoms with Gasteiger partial charge in [0.2, 0.25) is 0 Å². The molecule has 0 fully saturated rings. The lowest BCUT2D eigenvalue weighted by Crippen LogP contribution is -2.12. The lowest BCUT2D eigenvalue weighted by molar-refractivity contribution is 0.227. The minimum atomic E-state index is -0.520. The molecular formula is C21H19ClFN7O. The quantitative estimate of drug-likeness (QED) is 0.479. The Kier molecular flexibility index (Phi) is 4.62. The summed E-state index contributed by atoms with van der Waals surface area (Å²) in [7, 11) is 0. The van der Waals surface area contributed by atoms with Crippen LogP contribution in [0.25, 0.3) is 22.6 Å². The molecular weight excluding hydrogens is 421 g/mol. The molecule has 0 unspecified atom stereocenters. The Morgan fingerprint density at radius 2 is 2.13 bits per heavy atom. The number of pyridine rings is 1. The largest absolute Gasteiger partial charge is 0.482 e. The number of nitrogens with two attached hydrogens (primary N) is 1. The topological polar surface area (TPSA) is 96.7 Å². The maximum Gasteiger partial charge on any atom is 0.166 e. The van der Waals surface area contributed by atoms with Crippen LogP contribution in [0.3, 0.4) is 0 Å². The lowest BCUT2D eigenvalue weighted by atomic mass is 10.0. The van der Waals surface area contributed by atoms with Crippen LogP contribution in [0.15, 0.2) is 36.8 Å². The molecule has 0 spiro atoms. The van der Waals surface area contributed by atoms with E-state index in [1.54, 1.807) is 16.9 Å². The van der Waals surface area contributed by atoms with E-state index in [9.17, 15) is 4.39 Å². The highest BCUT2D eigenvalue weighted by Crippen LogP contribution is 2.38. The molecule has 8 nitrogen and oxygen atoms in total. The number of nitrogens with zero attached hydrogens (tertiary/aromatic N) is 6. The van der Waals surface area contributed by atoms with Crippen LogP contribution in [-0.2, 0) is 13.1 Å². The highest BCUT2D eigenvalue weighted by Gasteiger charge is 2.25. The number of halogens is 2. The van der Waals surface area contributed by atoms with E-state index in [1.807, 2.05) is 24.6 Å². The number of anilines is 1. The van der Waals surface area contributed by atoms with Crippen molar-refractivity contribution < 1.29 is 9.13 Å². The molecule has 5 rings (SSSR count). The van der Waals surface area contributed by atoms with Crippen molar-refractivity contribution in [3.63, 3.8) is 0 Å². The van der Waals surface area contributed by atoms with Crippen LogP contribution in [0.2, 0.25) is 5.15 Å². The van der Waals surface area contributed by atoms with Gasteiger partial charge in [-0.1, -0.05) is 11.6 Å². The van der Waals surface area contributed by atoms with Crippen molar-refractivity contribution in [1.82, 2.24) is 29.5 Å². The first-order chi connectivity index (χ1) is 15.0. The Morgan fingerprint density at radius 1 is 1.29 bits per heavy atom. The highest BCUT2D eigenvalue weighted by atomic mass is 35.5. The van der Waals surface area contributed by atoms with Gasteiger partial charge in [-0.25, -0.2) is 19.0 Å². The van der Waals surface area contributed by atoms with Crippen LogP contribution in [0, 0.1) is 5.82 Å². The van der Waals surface area contributed by atoms with Crippen LogP contribution in [0.1, 0.15) is 31.1 Å². The first-order valence-corrected chi connectivity index (χ1v) is 10.2. The van der Waals surface area contributed by atoms with Gasteiger partial charge in [0.25, 0.3) is 0 Å². The summed E-state index contributed by atoms with van der Waals surface area (Å²) in [6.45, 7) is 4.75. The zero-order chi connectivity index (χ0) is 21.7. The Hall–Kier alpha value is -3.46. The number of aromatic nitrogens is 6. The van der Waals surface area contributed by atoms with Gasteiger partial charge in [0, 0.05) is 35.0 Å². The van der Waals surface area contributed by atoms with Gasteiger partial charge in [0.1, 0.15) is 18.2 Å². The fourth-order valence-corrected chi connectivity index (χ4v) is 4.15. The molecule has 10 heteroatoms.